The van der Waals surface area contributed by atoms with Crippen molar-refractivity contribution in [3.05, 3.63) is 84.0 Å². The molecule has 0 saturated heterocycles. The summed E-state index contributed by atoms with van der Waals surface area (Å²) in [5, 5.41) is 11.6. The quantitative estimate of drug-likeness (QED) is 0.348. The molecule has 3 fully saturated rings. The van der Waals surface area contributed by atoms with E-state index in [0.717, 1.165) is 0 Å². The molecule has 2 aromatic carbocycles. The Morgan fingerprint density at radius 3 is 2.42 bits per heavy atom. The van der Waals surface area contributed by atoms with Gasteiger partial charge in [-0.15, -0.1) is 0 Å². The molecule has 0 heterocycles. The predicted octanol–water partition coefficient (Wildman–Crippen LogP) is 5.20. The Morgan fingerprint density at radius 2 is 1.72 bits per heavy atom. The van der Waals surface area contributed by atoms with E-state index in [1.807, 2.05) is 30.3 Å². The van der Waals surface area contributed by atoms with E-state index in [9.17, 15) is 19.5 Å². The fourth-order valence-electron chi connectivity index (χ4n) is 8.44. The van der Waals surface area contributed by atoms with Crippen LogP contribution in [0.25, 0.3) is 0 Å². The number of allylic oxidation sites excluding steroid dienone is 4. The molecule has 4 aliphatic rings. The molecule has 2 aromatic rings. The molecule has 4 aliphatic carbocycles. The minimum Gasteiger partial charge on any atom is -0.457 e. The third kappa shape index (κ3) is 4.27. The van der Waals surface area contributed by atoms with Crippen molar-refractivity contribution >= 4 is 17.7 Å². The van der Waals surface area contributed by atoms with Crippen LogP contribution < -0.4 is 10.5 Å². The lowest BCUT2D eigenvalue weighted by molar-refractivity contribution is -0.225. The van der Waals surface area contributed by atoms with Crippen LogP contribution in [0.3, 0.4) is 0 Å². The first kappa shape index (κ1) is 29.3. The predicted molar refractivity (Wildman–Crippen MR) is 155 cm³/mol. The van der Waals surface area contributed by atoms with Gasteiger partial charge in [0.1, 0.15) is 18.2 Å². The molecule has 0 radical (unpaired) electrons. The van der Waals surface area contributed by atoms with E-state index in [-0.39, 0.29) is 24.2 Å². The van der Waals surface area contributed by atoms with Crippen LogP contribution in [0.2, 0.25) is 0 Å². The molecular weight excluding hydrogens is 553 g/mol. The summed E-state index contributed by atoms with van der Waals surface area (Å²) in [6.45, 7) is 3.09. The average Bonchev–Trinajstić information content (AvgIpc) is 3.27. The van der Waals surface area contributed by atoms with E-state index in [1.54, 1.807) is 44.2 Å². The molecule has 3 N–H and O–H groups in total. The lowest BCUT2D eigenvalue weighted by Crippen LogP contribution is -2.69. The van der Waals surface area contributed by atoms with Gasteiger partial charge in [0.05, 0.1) is 11.7 Å². The SMILES string of the molecule is C[C@]12C=CC(=O)C=C1CC[C@H]1[C@@H]3CC[C@](OC(=O)c4ccc(Oc5ccccc5)cc4)(C(=O)OCN)[C@@]3(C)C[C@H](O)[C@@]12F. The maximum atomic E-state index is 17.5. The standard InChI is InChI=1S/C34H36FNO7/c1-31-16-14-23(37)18-22(31)10-13-27-26-15-17-33(30(40)41-20-36,32(26,2)19-28(38)34(27,31)35)43-29(39)21-8-11-25(12-9-21)42-24-6-4-3-5-7-24/h3-9,11-12,14,16,18,26-28,38H,10,13,15,17,19-20,36H2,1-2H3/t26-,27-,28-,31-,32-,33-,34-/m0/s1. The number of ether oxygens (including phenoxy) is 3. The van der Waals surface area contributed by atoms with Gasteiger partial charge in [0.25, 0.3) is 0 Å². The zero-order valence-electron chi connectivity index (χ0n) is 24.3. The first-order valence-electron chi connectivity index (χ1n) is 14.7. The highest BCUT2D eigenvalue weighted by Crippen LogP contribution is 2.70. The Kier molecular flexibility index (Phi) is 7.09. The second-order valence-electron chi connectivity index (χ2n) is 12.6. The number of nitrogens with two attached hydrogens (primary N) is 1. The van der Waals surface area contributed by atoms with Gasteiger partial charge < -0.3 is 19.3 Å². The number of hydrogen-bond donors (Lipinski definition) is 2. The number of alkyl halides is 1. The number of aliphatic hydroxyl groups is 1. The summed E-state index contributed by atoms with van der Waals surface area (Å²) >= 11 is 0. The molecule has 9 heteroatoms. The highest BCUT2D eigenvalue weighted by molar-refractivity contribution is 6.01. The van der Waals surface area contributed by atoms with Gasteiger partial charge in [0.2, 0.25) is 5.60 Å². The van der Waals surface area contributed by atoms with Gasteiger partial charge in [-0.25, -0.2) is 14.0 Å². The van der Waals surface area contributed by atoms with Crippen molar-refractivity contribution in [1.29, 1.82) is 0 Å². The summed E-state index contributed by atoms with van der Waals surface area (Å²) in [6, 6.07) is 15.6. The summed E-state index contributed by atoms with van der Waals surface area (Å²) in [5.74, 6) is -1.65. The summed E-state index contributed by atoms with van der Waals surface area (Å²) in [7, 11) is 0. The summed E-state index contributed by atoms with van der Waals surface area (Å²) < 4.78 is 34.7. The molecule has 8 nitrogen and oxygen atoms in total. The van der Waals surface area contributed by atoms with Crippen LogP contribution in [0, 0.1) is 22.7 Å². The van der Waals surface area contributed by atoms with Crippen molar-refractivity contribution in [2.75, 3.05) is 6.73 Å². The van der Waals surface area contributed by atoms with Gasteiger partial charge >= 0.3 is 11.9 Å². The van der Waals surface area contributed by atoms with Crippen molar-refractivity contribution in [3.8, 4) is 11.5 Å². The Morgan fingerprint density at radius 1 is 1.02 bits per heavy atom. The zero-order chi connectivity index (χ0) is 30.6. The topological polar surface area (TPSA) is 125 Å². The number of esters is 2. The van der Waals surface area contributed by atoms with Crippen LogP contribution in [0.4, 0.5) is 4.39 Å². The van der Waals surface area contributed by atoms with Crippen LogP contribution in [-0.2, 0) is 19.1 Å². The van der Waals surface area contributed by atoms with E-state index in [2.05, 4.69) is 0 Å². The number of ketones is 1. The number of para-hydroxylation sites is 1. The molecule has 43 heavy (non-hydrogen) atoms. The number of halogens is 1. The van der Waals surface area contributed by atoms with Gasteiger partial charge in [-0.3, -0.25) is 10.5 Å². The van der Waals surface area contributed by atoms with Gasteiger partial charge in [-0.1, -0.05) is 36.8 Å². The fourth-order valence-corrected chi connectivity index (χ4v) is 8.44. The van der Waals surface area contributed by atoms with Crippen LogP contribution >= 0.6 is 0 Å². The first-order chi connectivity index (χ1) is 20.5. The normalized spacial score (nSPS) is 36.1. The molecule has 0 unspecified atom stereocenters. The number of fused-ring (bicyclic) bond motifs is 5. The van der Waals surface area contributed by atoms with Crippen LogP contribution in [0.1, 0.15) is 56.3 Å². The van der Waals surface area contributed by atoms with E-state index in [0.29, 0.717) is 36.3 Å². The van der Waals surface area contributed by atoms with Crippen LogP contribution in [-0.4, -0.2) is 46.9 Å². The average molecular weight is 590 g/mol. The lowest BCUT2D eigenvalue weighted by atomic mass is 9.45. The summed E-state index contributed by atoms with van der Waals surface area (Å²) in [6.07, 6.45) is 4.13. The fraction of sp³-hybridized carbons (Fsp3) is 0.441. The highest BCUT2D eigenvalue weighted by Gasteiger charge is 2.76. The Hall–Kier alpha value is -3.82. The summed E-state index contributed by atoms with van der Waals surface area (Å²) in [5.41, 5.74) is 0.278. The number of hydrogen-bond acceptors (Lipinski definition) is 8. The Bertz CT molecular complexity index is 1510. The molecule has 0 aliphatic heterocycles. The lowest BCUT2D eigenvalue weighted by Gasteiger charge is -2.62. The second kappa shape index (κ2) is 10.4. The number of aliphatic hydroxyl groups excluding tert-OH is 1. The van der Waals surface area contributed by atoms with Crippen molar-refractivity contribution in [2.24, 2.45) is 28.4 Å². The second-order valence-corrected chi connectivity index (χ2v) is 12.6. The number of carbonyl (C=O) groups excluding carboxylic acids is 3. The van der Waals surface area contributed by atoms with Crippen molar-refractivity contribution in [1.82, 2.24) is 0 Å². The van der Waals surface area contributed by atoms with Gasteiger partial charge in [-0.05, 0) is 93.5 Å². The Balaban J connectivity index is 1.31. The van der Waals surface area contributed by atoms with E-state index < -0.39 is 58.7 Å². The number of rotatable bonds is 6. The molecule has 3 saturated carbocycles. The molecule has 6 rings (SSSR count). The monoisotopic (exact) mass is 589 g/mol. The van der Waals surface area contributed by atoms with Crippen LogP contribution in [0.15, 0.2) is 78.4 Å². The number of benzene rings is 2. The van der Waals surface area contributed by atoms with Gasteiger partial charge in [-0.2, -0.15) is 0 Å². The number of carbonyl (C=O) groups is 3. The maximum Gasteiger partial charge on any atom is 0.352 e. The largest absolute Gasteiger partial charge is 0.457 e. The van der Waals surface area contributed by atoms with E-state index >= 15 is 4.39 Å². The highest BCUT2D eigenvalue weighted by atomic mass is 19.1. The summed E-state index contributed by atoms with van der Waals surface area (Å²) in [4.78, 5) is 39.4. The van der Waals surface area contributed by atoms with Crippen molar-refractivity contribution in [2.45, 2.75) is 63.3 Å². The van der Waals surface area contributed by atoms with E-state index in [1.165, 1.54) is 12.2 Å². The molecule has 0 amide bonds. The minimum absolute atomic E-state index is 0.0982. The molecule has 7 atom stereocenters. The molecular formula is C34H36FNO7. The van der Waals surface area contributed by atoms with Gasteiger partial charge in [0.15, 0.2) is 11.5 Å². The molecule has 226 valence electrons. The zero-order valence-corrected chi connectivity index (χ0v) is 24.3. The first-order valence-corrected chi connectivity index (χ1v) is 14.7. The molecule has 0 aromatic heterocycles. The Labute approximate surface area is 249 Å². The molecule has 0 spiro atoms. The van der Waals surface area contributed by atoms with E-state index in [4.69, 9.17) is 19.9 Å². The van der Waals surface area contributed by atoms with Crippen molar-refractivity contribution in [3.63, 3.8) is 0 Å². The third-order valence-corrected chi connectivity index (χ3v) is 10.6. The van der Waals surface area contributed by atoms with Gasteiger partial charge in [0, 0.05) is 16.7 Å². The smallest absolute Gasteiger partial charge is 0.352 e. The molecule has 0 bridgehead atoms. The minimum atomic E-state index is -2.08. The van der Waals surface area contributed by atoms with Crippen molar-refractivity contribution < 1.29 is 38.1 Å². The third-order valence-electron chi connectivity index (χ3n) is 10.6. The van der Waals surface area contributed by atoms with Crippen LogP contribution in [0.5, 0.6) is 11.5 Å². The maximum absolute atomic E-state index is 17.5.